The molecule has 1 aliphatic heterocycles. The summed E-state index contributed by atoms with van der Waals surface area (Å²) in [5.41, 5.74) is 0.269. The van der Waals surface area contributed by atoms with Crippen molar-refractivity contribution in [3.05, 3.63) is 47.1 Å². The molecule has 11 heteroatoms. The average Bonchev–Trinajstić information content (AvgIpc) is 3.38. The van der Waals surface area contributed by atoms with Crippen LogP contribution in [0.25, 0.3) is 10.6 Å². The van der Waals surface area contributed by atoms with Gasteiger partial charge in [0, 0.05) is 11.9 Å². The molecule has 1 aromatic carbocycles. The Hall–Kier alpha value is -2.47. The van der Waals surface area contributed by atoms with Gasteiger partial charge in [-0.1, -0.05) is 6.07 Å². The molecule has 0 bridgehead atoms. The first-order valence-electron chi connectivity index (χ1n) is 8.69. The van der Waals surface area contributed by atoms with Crippen molar-refractivity contribution in [3.8, 4) is 10.6 Å². The topological polar surface area (TPSA) is 87.6 Å². The van der Waals surface area contributed by atoms with Crippen LogP contribution in [0.2, 0.25) is 0 Å². The van der Waals surface area contributed by atoms with Gasteiger partial charge in [-0.15, -0.1) is 11.3 Å². The number of hydrogen-bond donors (Lipinski definition) is 2. The van der Waals surface area contributed by atoms with Crippen LogP contribution >= 0.6 is 22.9 Å². The number of nitrogens with one attached hydrogen (secondary N) is 1. The van der Waals surface area contributed by atoms with Crippen LogP contribution in [0.15, 0.2) is 29.8 Å². The van der Waals surface area contributed by atoms with Gasteiger partial charge in [0.25, 0.3) is 5.91 Å². The number of aliphatic hydroxyl groups is 1. The van der Waals surface area contributed by atoms with Gasteiger partial charge in [-0.2, -0.15) is 4.37 Å². The van der Waals surface area contributed by atoms with Gasteiger partial charge in [-0.05, 0) is 23.7 Å². The van der Waals surface area contributed by atoms with Crippen LogP contribution in [0.1, 0.15) is 10.5 Å². The smallest absolute Gasteiger partial charge is 0.275 e. The molecule has 3 heterocycles. The standard InChI is InChI=1S/C18H16F2N4O3S2/c19-11-2-1-3-12(20)15(11)17-23-14(9-28-17)16(26)22-13-6-21-29-18(13)24-4-5-27-8-10(24)7-25/h1-3,6,9-10,25H,4-5,7-8H2,(H,22,26). The van der Waals surface area contributed by atoms with E-state index in [0.29, 0.717) is 30.4 Å². The van der Waals surface area contributed by atoms with E-state index in [1.807, 2.05) is 4.90 Å². The molecule has 1 fully saturated rings. The second-order valence-corrected chi connectivity index (χ2v) is 7.88. The molecule has 0 saturated carbocycles. The molecular formula is C18H16F2N4O3S2. The molecule has 0 spiro atoms. The van der Waals surface area contributed by atoms with Crippen LogP contribution in [0.3, 0.4) is 0 Å². The van der Waals surface area contributed by atoms with Crippen molar-refractivity contribution < 1.29 is 23.4 Å². The van der Waals surface area contributed by atoms with Gasteiger partial charge >= 0.3 is 0 Å². The molecular weight excluding hydrogens is 422 g/mol. The molecule has 152 valence electrons. The summed E-state index contributed by atoms with van der Waals surface area (Å²) in [6, 6.07) is 3.33. The quantitative estimate of drug-likeness (QED) is 0.637. The number of anilines is 2. The number of morpholine rings is 1. The van der Waals surface area contributed by atoms with Crippen molar-refractivity contribution in [3.63, 3.8) is 0 Å². The third-order valence-corrected chi connectivity index (χ3v) is 6.11. The van der Waals surface area contributed by atoms with Gasteiger partial charge in [0.2, 0.25) is 0 Å². The monoisotopic (exact) mass is 438 g/mol. The van der Waals surface area contributed by atoms with Crippen molar-refractivity contribution in [2.75, 3.05) is 36.6 Å². The summed E-state index contributed by atoms with van der Waals surface area (Å²) in [5, 5.41) is 14.6. The molecule has 1 amide bonds. The number of aromatic nitrogens is 2. The van der Waals surface area contributed by atoms with Crippen LogP contribution in [0.5, 0.6) is 0 Å². The van der Waals surface area contributed by atoms with Gasteiger partial charge in [0.15, 0.2) is 0 Å². The van der Waals surface area contributed by atoms with E-state index in [-0.39, 0.29) is 28.9 Å². The number of aliphatic hydroxyl groups excluding tert-OH is 1. The second-order valence-electron chi connectivity index (χ2n) is 6.24. The summed E-state index contributed by atoms with van der Waals surface area (Å²) >= 11 is 2.18. The lowest BCUT2D eigenvalue weighted by Crippen LogP contribution is -2.47. The van der Waals surface area contributed by atoms with Gasteiger partial charge in [0.1, 0.15) is 27.3 Å². The molecule has 2 N–H and O–H groups in total. The third kappa shape index (κ3) is 3.99. The summed E-state index contributed by atoms with van der Waals surface area (Å²) in [4.78, 5) is 18.7. The predicted molar refractivity (Wildman–Crippen MR) is 107 cm³/mol. The molecule has 1 unspecified atom stereocenters. The second kappa shape index (κ2) is 8.49. The maximum atomic E-state index is 14.0. The number of amides is 1. The Morgan fingerprint density at radius 3 is 2.93 bits per heavy atom. The largest absolute Gasteiger partial charge is 0.394 e. The van der Waals surface area contributed by atoms with Crippen LogP contribution in [0, 0.1) is 11.6 Å². The number of thiazole rings is 1. The molecule has 0 radical (unpaired) electrons. The fourth-order valence-electron chi connectivity index (χ4n) is 2.98. The zero-order valence-corrected chi connectivity index (χ0v) is 16.6. The minimum absolute atomic E-state index is 0.0467. The van der Waals surface area contributed by atoms with Crippen molar-refractivity contribution in [1.82, 2.24) is 9.36 Å². The lowest BCUT2D eigenvalue weighted by Gasteiger charge is -2.35. The summed E-state index contributed by atoms with van der Waals surface area (Å²) in [6.45, 7) is 1.36. The molecule has 1 aliphatic rings. The highest BCUT2D eigenvalue weighted by Gasteiger charge is 2.27. The minimum Gasteiger partial charge on any atom is -0.394 e. The van der Waals surface area contributed by atoms with E-state index in [0.717, 1.165) is 23.5 Å². The molecule has 29 heavy (non-hydrogen) atoms. The van der Waals surface area contributed by atoms with Crippen LogP contribution in [0.4, 0.5) is 19.5 Å². The van der Waals surface area contributed by atoms with Crippen LogP contribution < -0.4 is 10.2 Å². The number of carbonyl (C=O) groups is 1. The van der Waals surface area contributed by atoms with E-state index < -0.39 is 17.5 Å². The van der Waals surface area contributed by atoms with E-state index >= 15 is 0 Å². The van der Waals surface area contributed by atoms with E-state index in [9.17, 15) is 18.7 Å². The first kappa shape index (κ1) is 19.8. The first-order valence-corrected chi connectivity index (χ1v) is 10.3. The zero-order chi connectivity index (χ0) is 20.4. The van der Waals surface area contributed by atoms with Gasteiger partial charge in [-0.25, -0.2) is 13.8 Å². The Labute approximate surface area is 172 Å². The normalized spacial score (nSPS) is 16.8. The Morgan fingerprint density at radius 2 is 2.17 bits per heavy atom. The summed E-state index contributed by atoms with van der Waals surface area (Å²) < 4.78 is 37.4. The predicted octanol–water partition coefficient (Wildman–Crippen LogP) is 2.99. The fraction of sp³-hybridized carbons (Fsp3) is 0.278. The summed E-state index contributed by atoms with van der Waals surface area (Å²) in [5.74, 6) is -1.99. The van der Waals surface area contributed by atoms with E-state index in [4.69, 9.17) is 4.74 Å². The average molecular weight is 438 g/mol. The van der Waals surface area contributed by atoms with Crippen molar-refractivity contribution in [2.45, 2.75) is 6.04 Å². The molecule has 3 aromatic rings. The molecule has 7 nitrogen and oxygen atoms in total. The third-order valence-electron chi connectivity index (χ3n) is 4.41. The minimum atomic E-state index is -0.738. The van der Waals surface area contributed by atoms with E-state index in [1.165, 1.54) is 29.2 Å². The van der Waals surface area contributed by atoms with Crippen LogP contribution in [-0.2, 0) is 4.74 Å². The number of halogens is 2. The van der Waals surface area contributed by atoms with E-state index in [2.05, 4.69) is 14.7 Å². The highest BCUT2D eigenvalue weighted by Crippen LogP contribution is 2.34. The van der Waals surface area contributed by atoms with Gasteiger partial charge < -0.3 is 20.1 Å². The number of rotatable bonds is 5. The zero-order valence-electron chi connectivity index (χ0n) is 15.0. The highest BCUT2D eigenvalue weighted by atomic mass is 32.1. The Bertz CT molecular complexity index is 1010. The molecule has 1 atom stereocenters. The highest BCUT2D eigenvalue weighted by molar-refractivity contribution is 7.13. The summed E-state index contributed by atoms with van der Waals surface area (Å²) in [6.07, 6.45) is 1.52. The Balaban J connectivity index is 1.54. The Morgan fingerprint density at radius 1 is 1.38 bits per heavy atom. The van der Waals surface area contributed by atoms with E-state index in [1.54, 1.807) is 0 Å². The van der Waals surface area contributed by atoms with Gasteiger partial charge in [0.05, 0.1) is 43.3 Å². The molecule has 1 saturated heterocycles. The maximum absolute atomic E-state index is 14.0. The van der Waals surface area contributed by atoms with Crippen molar-refractivity contribution in [2.24, 2.45) is 0 Å². The number of nitrogens with zero attached hydrogens (tertiary/aromatic N) is 3. The van der Waals surface area contributed by atoms with Crippen molar-refractivity contribution in [1.29, 1.82) is 0 Å². The molecule has 2 aromatic heterocycles. The fourth-order valence-corrected chi connectivity index (χ4v) is 4.63. The number of hydrogen-bond acceptors (Lipinski definition) is 8. The maximum Gasteiger partial charge on any atom is 0.275 e. The SMILES string of the molecule is O=C(Nc1cnsc1N1CCOCC1CO)c1csc(-c2c(F)cccc2F)n1. The van der Waals surface area contributed by atoms with Gasteiger partial charge in [-0.3, -0.25) is 4.79 Å². The molecule has 0 aliphatic carbocycles. The lowest BCUT2D eigenvalue weighted by molar-refractivity contribution is 0.0731. The first-order chi connectivity index (χ1) is 14.1. The number of carbonyl (C=O) groups excluding carboxylic acids is 1. The number of benzene rings is 1. The molecule has 4 rings (SSSR count). The lowest BCUT2D eigenvalue weighted by atomic mass is 10.2. The Kier molecular flexibility index (Phi) is 5.81. The summed E-state index contributed by atoms with van der Waals surface area (Å²) in [7, 11) is 0. The van der Waals surface area contributed by atoms with Crippen molar-refractivity contribution >= 4 is 39.5 Å². The van der Waals surface area contributed by atoms with Crippen LogP contribution in [-0.4, -0.2) is 52.8 Å². The number of ether oxygens (including phenoxy) is 1.